The minimum Gasteiger partial charge on any atom is -0.312 e. The summed E-state index contributed by atoms with van der Waals surface area (Å²) in [7, 11) is 0. The van der Waals surface area contributed by atoms with E-state index in [-0.39, 0.29) is 5.92 Å². The third-order valence-electron chi connectivity index (χ3n) is 5.11. The number of nitrogens with one attached hydrogen (secondary N) is 1. The molecule has 1 saturated carbocycles. The lowest BCUT2D eigenvalue weighted by molar-refractivity contribution is 0.0862. The van der Waals surface area contributed by atoms with E-state index in [9.17, 15) is 4.79 Å². The molecule has 2 atom stereocenters. The molecule has 1 heterocycles. The highest BCUT2D eigenvalue weighted by Crippen LogP contribution is 2.33. The first-order chi connectivity index (χ1) is 9.78. The number of ketones is 1. The van der Waals surface area contributed by atoms with E-state index in [0.29, 0.717) is 5.78 Å². The predicted octanol–water partition coefficient (Wildman–Crippen LogP) is 3.73. The molecule has 1 fully saturated rings. The lowest BCUT2D eigenvalue weighted by Crippen LogP contribution is -2.25. The van der Waals surface area contributed by atoms with Crippen molar-refractivity contribution in [2.75, 3.05) is 6.54 Å². The number of carbonyl (C=O) groups excluding carboxylic acids is 1. The van der Waals surface area contributed by atoms with E-state index < -0.39 is 0 Å². The summed E-state index contributed by atoms with van der Waals surface area (Å²) in [5.41, 5.74) is 3.68. The minimum absolute atomic E-state index is 0.267. The van der Waals surface area contributed by atoms with Gasteiger partial charge >= 0.3 is 0 Å². The maximum absolute atomic E-state index is 12.7. The summed E-state index contributed by atoms with van der Waals surface area (Å²) in [5, 5.41) is 3.39. The molecule has 1 aliphatic heterocycles. The van der Waals surface area contributed by atoms with E-state index in [0.717, 1.165) is 43.8 Å². The molecular formula is C18H25NO. The van der Waals surface area contributed by atoms with Gasteiger partial charge in [0.1, 0.15) is 0 Å². The highest BCUT2D eigenvalue weighted by molar-refractivity contribution is 5.98. The van der Waals surface area contributed by atoms with E-state index in [1.54, 1.807) is 0 Å². The molecule has 0 amide bonds. The molecule has 1 aromatic carbocycles. The van der Waals surface area contributed by atoms with Crippen LogP contribution in [0.1, 0.15) is 60.5 Å². The van der Waals surface area contributed by atoms with E-state index in [1.165, 1.54) is 30.4 Å². The summed E-state index contributed by atoms with van der Waals surface area (Å²) >= 11 is 0. The average molecular weight is 271 g/mol. The number of carbonyl (C=O) groups is 1. The van der Waals surface area contributed by atoms with Gasteiger partial charge in [0.2, 0.25) is 0 Å². The number of rotatable bonds is 3. The minimum atomic E-state index is 0.267. The van der Waals surface area contributed by atoms with Crippen LogP contribution in [0.5, 0.6) is 0 Å². The molecule has 0 radical (unpaired) electrons. The molecule has 0 aromatic heterocycles. The monoisotopic (exact) mass is 271 g/mol. The quantitative estimate of drug-likeness (QED) is 0.849. The second kappa shape index (κ2) is 6.09. The van der Waals surface area contributed by atoms with Crippen LogP contribution in [0.4, 0.5) is 0 Å². The smallest absolute Gasteiger partial charge is 0.165 e. The molecule has 1 N–H and O–H groups in total. The van der Waals surface area contributed by atoms with Gasteiger partial charge in [0.15, 0.2) is 5.78 Å². The second-order valence-corrected chi connectivity index (χ2v) is 6.41. The van der Waals surface area contributed by atoms with Crippen molar-refractivity contribution < 1.29 is 4.79 Å². The van der Waals surface area contributed by atoms with Crippen molar-refractivity contribution in [1.29, 1.82) is 0 Å². The summed E-state index contributed by atoms with van der Waals surface area (Å²) in [5.74, 6) is 1.41. The van der Waals surface area contributed by atoms with Gasteiger partial charge in [-0.05, 0) is 48.9 Å². The van der Waals surface area contributed by atoms with Crippen molar-refractivity contribution in [2.45, 2.75) is 52.0 Å². The molecule has 108 valence electrons. The third-order valence-corrected chi connectivity index (χ3v) is 5.11. The molecule has 2 heteroatoms. The summed E-state index contributed by atoms with van der Waals surface area (Å²) in [6.07, 6.45) is 7.04. The summed E-state index contributed by atoms with van der Waals surface area (Å²) in [6, 6.07) is 6.37. The van der Waals surface area contributed by atoms with Gasteiger partial charge in [-0.25, -0.2) is 0 Å². The van der Waals surface area contributed by atoms with Gasteiger partial charge in [-0.1, -0.05) is 38.3 Å². The normalized spacial score (nSPS) is 26.1. The summed E-state index contributed by atoms with van der Waals surface area (Å²) < 4.78 is 0. The van der Waals surface area contributed by atoms with Crippen LogP contribution in [0.15, 0.2) is 18.2 Å². The Morgan fingerprint density at radius 3 is 3.05 bits per heavy atom. The van der Waals surface area contributed by atoms with Crippen LogP contribution in [0.25, 0.3) is 0 Å². The van der Waals surface area contributed by atoms with Crippen molar-refractivity contribution in [3.8, 4) is 0 Å². The van der Waals surface area contributed by atoms with Crippen molar-refractivity contribution in [3.05, 3.63) is 34.9 Å². The van der Waals surface area contributed by atoms with Crippen molar-refractivity contribution in [1.82, 2.24) is 5.32 Å². The number of fused-ring (bicyclic) bond motifs is 1. The zero-order valence-electron chi connectivity index (χ0n) is 12.5. The van der Waals surface area contributed by atoms with Crippen molar-refractivity contribution in [3.63, 3.8) is 0 Å². The molecular weight excluding hydrogens is 246 g/mol. The summed E-state index contributed by atoms with van der Waals surface area (Å²) in [6.45, 7) is 4.22. The number of hydrogen-bond donors (Lipinski definition) is 1. The third kappa shape index (κ3) is 2.80. The fourth-order valence-electron chi connectivity index (χ4n) is 3.77. The topological polar surface area (TPSA) is 29.1 Å². The zero-order valence-corrected chi connectivity index (χ0v) is 12.5. The first kappa shape index (κ1) is 13.8. The molecule has 0 spiro atoms. The van der Waals surface area contributed by atoms with E-state index in [2.05, 4.69) is 30.4 Å². The highest BCUT2D eigenvalue weighted by Gasteiger charge is 2.27. The zero-order chi connectivity index (χ0) is 13.9. The Balaban J connectivity index is 1.76. The van der Waals surface area contributed by atoms with Gasteiger partial charge < -0.3 is 5.32 Å². The van der Waals surface area contributed by atoms with E-state index >= 15 is 0 Å². The van der Waals surface area contributed by atoms with Gasteiger partial charge in [0.25, 0.3) is 0 Å². The average Bonchev–Trinajstić information content (AvgIpc) is 2.53. The van der Waals surface area contributed by atoms with E-state index in [4.69, 9.17) is 0 Å². The Kier molecular flexibility index (Phi) is 4.21. The van der Waals surface area contributed by atoms with Crippen molar-refractivity contribution >= 4 is 5.78 Å². The summed E-state index contributed by atoms with van der Waals surface area (Å²) in [4.78, 5) is 12.7. The van der Waals surface area contributed by atoms with Gasteiger partial charge in [-0.15, -0.1) is 0 Å². The van der Waals surface area contributed by atoms with Gasteiger partial charge in [0, 0.05) is 18.0 Å². The Bertz CT molecular complexity index is 494. The van der Waals surface area contributed by atoms with Gasteiger partial charge in [-0.3, -0.25) is 4.79 Å². The fraction of sp³-hybridized carbons (Fsp3) is 0.611. The van der Waals surface area contributed by atoms with Crippen LogP contribution in [-0.4, -0.2) is 12.3 Å². The Morgan fingerprint density at radius 2 is 2.20 bits per heavy atom. The standard InChI is InChI=1S/C18H25NO/c1-2-13-4-3-5-15(10-13)18(20)16-7-6-14-8-9-19-12-17(14)11-16/h6-7,11,13,15,19H,2-5,8-10,12H2,1H3. The van der Waals surface area contributed by atoms with Crippen LogP contribution in [0.2, 0.25) is 0 Å². The van der Waals surface area contributed by atoms with Crippen LogP contribution in [-0.2, 0) is 13.0 Å². The van der Waals surface area contributed by atoms with Crippen LogP contribution >= 0.6 is 0 Å². The molecule has 2 unspecified atom stereocenters. The van der Waals surface area contributed by atoms with Gasteiger partial charge in [0.05, 0.1) is 0 Å². The predicted molar refractivity (Wildman–Crippen MR) is 81.9 cm³/mol. The number of hydrogen-bond acceptors (Lipinski definition) is 2. The molecule has 3 rings (SSSR count). The Labute approximate surface area is 122 Å². The molecule has 2 nitrogen and oxygen atoms in total. The first-order valence-corrected chi connectivity index (χ1v) is 8.14. The first-order valence-electron chi connectivity index (χ1n) is 8.14. The lowest BCUT2D eigenvalue weighted by atomic mass is 9.77. The molecule has 2 aliphatic rings. The number of benzene rings is 1. The largest absolute Gasteiger partial charge is 0.312 e. The molecule has 0 saturated heterocycles. The van der Waals surface area contributed by atoms with Crippen LogP contribution < -0.4 is 5.32 Å². The van der Waals surface area contributed by atoms with Gasteiger partial charge in [-0.2, -0.15) is 0 Å². The maximum atomic E-state index is 12.7. The molecule has 0 bridgehead atoms. The van der Waals surface area contributed by atoms with Crippen LogP contribution in [0, 0.1) is 11.8 Å². The highest BCUT2D eigenvalue weighted by atomic mass is 16.1. The Hall–Kier alpha value is -1.15. The van der Waals surface area contributed by atoms with Crippen LogP contribution in [0.3, 0.4) is 0 Å². The molecule has 1 aromatic rings. The fourth-order valence-corrected chi connectivity index (χ4v) is 3.77. The Morgan fingerprint density at radius 1 is 1.30 bits per heavy atom. The molecule has 20 heavy (non-hydrogen) atoms. The lowest BCUT2D eigenvalue weighted by Gasteiger charge is -2.28. The van der Waals surface area contributed by atoms with Crippen molar-refractivity contribution in [2.24, 2.45) is 11.8 Å². The van der Waals surface area contributed by atoms with E-state index in [1.807, 2.05) is 0 Å². The number of Topliss-reactive ketones (excluding diaryl/α,β-unsaturated/α-hetero) is 1. The second-order valence-electron chi connectivity index (χ2n) is 6.41. The maximum Gasteiger partial charge on any atom is 0.165 e. The molecule has 1 aliphatic carbocycles. The SMILES string of the molecule is CCC1CCCC(C(=O)c2ccc3c(c2)CNCC3)C1.